The summed E-state index contributed by atoms with van der Waals surface area (Å²) in [6, 6.07) is 3.78. The van der Waals surface area contributed by atoms with Crippen LogP contribution in [0.25, 0.3) is 0 Å². The van der Waals surface area contributed by atoms with Gasteiger partial charge in [-0.3, -0.25) is 10.4 Å². The lowest BCUT2D eigenvalue weighted by Crippen LogP contribution is -2.03. The molecule has 4 heteroatoms. The number of allylic oxidation sites excluding steroid dienone is 1. The van der Waals surface area contributed by atoms with Crippen LogP contribution in [0.5, 0.6) is 0 Å². The van der Waals surface area contributed by atoms with E-state index >= 15 is 0 Å². The number of pyridine rings is 1. The Morgan fingerprint density at radius 3 is 2.79 bits per heavy atom. The first-order chi connectivity index (χ1) is 6.65. The number of rotatable bonds is 3. The van der Waals surface area contributed by atoms with Crippen molar-refractivity contribution in [2.24, 2.45) is 0 Å². The molecule has 1 heterocycles. The summed E-state index contributed by atoms with van der Waals surface area (Å²) in [5.41, 5.74) is 2.18. The summed E-state index contributed by atoms with van der Waals surface area (Å²) < 4.78 is 0.714. The Morgan fingerprint density at radius 2 is 2.29 bits per heavy atom. The molecular weight excluding hydrogens is 242 g/mol. The van der Waals surface area contributed by atoms with E-state index < -0.39 is 0 Å². The van der Waals surface area contributed by atoms with Crippen molar-refractivity contribution in [1.29, 1.82) is 5.41 Å². The third-order valence-electron chi connectivity index (χ3n) is 1.71. The Hall–Kier alpha value is -1.16. The second-order valence-corrected chi connectivity index (χ2v) is 3.70. The molecule has 0 spiro atoms. The SMILES string of the molecule is CN/C=C(/Br)C(=N)c1ccc(C)nc1. The standard InChI is InChI=1S/C10H12BrN3/c1-7-3-4-8(5-14-7)10(12)9(11)6-13-2/h3-6,12-13H,1-2H3/b9-6+,12-10?. The Kier molecular flexibility index (Phi) is 3.83. The molecule has 0 saturated heterocycles. The third-order valence-corrected chi connectivity index (χ3v) is 2.34. The van der Waals surface area contributed by atoms with E-state index in [1.807, 2.05) is 19.1 Å². The Labute approximate surface area is 91.9 Å². The topological polar surface area (TPSA) is 48.8 Å². The van der Waals surface area contributed by atoms with Crippen molar-refractivity contribution < 1.29 is 0 Å². The van der Waals surface area contributed by atoms with Gasteiger partial charge in [0.25, 0.3) is 0 Å². The van der Waals surface area contributed by atoms with Crippen LogP contribution in [-0.4, -0.2) is 17.7 Å². The lowest BCUT2D eigenvalue weighted by molar-refractivity contribution is 1.10. The largest absolute Gasteiger partial charge is 0.393 e. The van der Waals surface area contributed by atoms with Crippen molar-refractivity contribution >= 4 is 21.6 Å². The molecule has 0 atom stereocenters. The van der Waals surface area contributed by atoms with E-state index in [9.17, 15) is 0 Å². The van der Waals surface area contributed by atoms with E-state index in [-0.39, 0.29) is 0 Å². The Bertz CT molecular complexity index is 354. The van der Waals surface area contributed by atoms with Gasteiger partial charge in [0.05, 0.1) is 10.2 Å². The minimum Gasteiger partial charge on any atom is -0.393 e. The number of hydrogen-bond donors (Lipinski definition) is 2. The van der Waals surface area contributed by atoms with Crippen LogP contribution in [0.15, 0.2) is 29.0 Å². The molecule has 0 bridgehead atoms. The van der Waals surface area contributed by atoms with Crippen molar-refractivity contribution in [3.8, 4) is 0 Å². The molecule has 0 radical (unpaired) electrons. The van der Waals surface area contributed by atoms with Gasteiger partial charge in [-0.2, -0.15) is 0 Å². The van der Waals surface area contributed by atoms with Gasteiger partial charge >= 0.3 is 0 Å². The summed E-state index contributed by atoms with van der Waals surface area (Å²) >= 11 is 3.30. The van der Waals surface area contributed by atoms with Crippen LogP contribution < -0.4 is 5.32 Å². The maximum Gasteiger partial charge on any atom is 0.0784 e. The Balaban J connectivity index is 2.90. The van der Waals surface area contributed by atoms with Crippen LogP contribution in [0, 0.1) is 12.3 Å². The smallest absolute Gasteiger partial charge is 0.0784 e. The molecular formula is C10H12BrN3. The van der Waals surface area contributed by atoms with Crippen LogP contribution in [0.1, 0.15) is 11.3 Å². The first kappa shape index (κ1) is 10.9. The van der Waals surface area contributed by atoms with Gasteiger partial charge < -0.3 is 5.32 Å². The van der Waals surface area contributed by atoms with Crippen LogP contribution >= 0.6 is 15.9 Å². The minimum absolute atomic E-state index is 0.423. The van der Waals surface area contributed by atoms with Crippen molar-refractivity contribution in [2.75, 3.05) is 7.05 Å². The van der Waals surface area contributed by atoms with Gasteiger partial charge in [0.1, 0.15) is 0 Å². The zero-order valence-electron chi connectivity index (χ0n) is 8.13. The first-order valence-electron chi connectivity index (χ1n) is 4.20. The number of aromatic nitrogens is 1. The van der Waals surface area contributed by atoms with Crippen molar-refractivity contribution in [3.63, 3.8) is 0 Å². The van der Waals surface area contributed by atoms with Gasteiger partial charge in [-0.05, 0) is 35.0 Å². The van der Waals surface area contributed by atoms with E-state index in [4.69, 9.17) is 5.41 Å². The highest BCUT2D eigenvalue weighted by molar-refractivity contribution is 9.12. The highest BCUT2D eigenvalue weighted by atomic mass is 79.9. The van der Waals surface area contributed by atoms with Gasteiger partial charge in [-0.1, -0.05) is 0 Å². The molecule has 0 aliphatic heterocycles. The number of nitrogens with zero attached hydrogens (tertiary/aromatic N) is 1. The predicted octanol–water partition coefficient (Wildman–Crippen LogP) is 2.21. The molecule has 0 aliphatic carbocycles. The van der Waals surface area contributed by atoms with Gasteiger partial charge in [-0.15, -0.1) is 0 Å². The van der Waals surface area contributed by atoms with E-state index in [1.54, 1.807) is 19.4 Å². The molecule has 0 aromatic carbocycles. The number of aryl methyl sites for hydroxylation is 1. The zero-order valence-corrected chi connectivity index (χ0v) is 9.72. The van der Waals surface area contributed by atoms with Crippen molar-refractivity contribution in [2.45, 2.75) is 6.92 Å². The van der Waals surface area contributed by atoms with E-state index in [1.165, 1.54) is 0 Å². The normalized spacial score (nSPS) is 11.2. The van der Waals surface area contributed by atoms with Crippen LogP contribution in [0.3, 0.4) is 0 Å². The maximum atomic E-state index is 7.81. The van der Waals surface area contributed by atoms with Gasteiger partial charge in [0.2, 0.25) is 0 Å². The molecule has 14 heavy (non-hydrogen) atoms. The molecule has 0 amide bonds. The molecule has 0 saturated carbocycles. The zero-order chi connectivity index (χ0) is 10.6. The number of nitrogens with one attached hydrogen (secondary N) is 2. The second-order valence-electron chi connectivity index (χ2n) is 2.84. The van der Waals surface area contributed by atoms with Crippen molar-refractivity contribution in [1.82, 2.24) is 10.3 Å². The summed E-state index contributed by atoms with van der Waals surface area (Å²) in [4.78, 5) is 4.13. The molecule has 0 unspecified atom stereocenters. The van der Waals surface area contributed by atoms with Crippen LogP contribution in [0.4, 0.5) is 0 Å². The number of halogens is 1. The van der Waals surface area contributed by atoms with Gasteiger partial charge in [0, 0.05) is 30.7 Å². The van der Waals surface area contributed by atoms with Gasteiger partial charge in [0.15, 0.2) is 0 Å². The average Bonchev–Trinajstić information content (AvgIpc) is 2.18. The quantitative estimate of drug-likeness (QED) is 0.812. The van der Waals surface area contributed by atoms with Crippen LogP contribution in [-0.2, 0) is 0 Å². The van der Waals surface area contributed by atoms with Crippen molar-refractivity contribution in [3.05, 3.63) is 40.3 Å². The van der Waals surface area contributed by atoms with E-state index in [2.05, 4.69) is 26.2 Å². The molecule has 2 N–H and O–H groups in total. The van der Waals surface area contributed by atoms with E-state index in [0.29, 0.717) is 10.2 Å². The molecule has 0 aliphatic rings. The summed E-state index contributed by atoms with van der Waals surface area (Å²) in [6.07, 6.45) is 3.42. The Morgan fingerprint density at radius 1 is 1.57 bits per heavy atom. The third kappa shape index (κ3) is 2.67. The minimum atomic E-state index is 0.423. The molecule has 74 valence electrons. The second kappa shape index (κ2) is 4.91. The number of hydrogen-bond acceptors (Lipinski definition) is 3. The maximum absolute atomic E-state index is 7.81. The first-order valence-corrected chi connectivity index (χ1v) is 4.99. The van der Waals surface area contributed by atoms with Crippen LogP contribution in [0.2, 0.25) is 0 Å². The fraction of sp³-hybridized carbons (Fsp3) is 0.200. The van der Waals surface area contributed by atoms with Gasteiger partial charge in [-0.25, -0.2) is 0 Å². The summed E-state index contributed by atoms with van der Waals surface area (Å²) in [7, 11) is 1.79. The fourth-order valence-corrected chi connectivity index (χ4v) is 1.41. The molecule has 1 aromatic heterocycles. The monoisotopic (exact) mass is 253 g/mol. The lowest BCUT2D eigenvalue weighted by Gasteiger charge is -2.02. The highest BCUT2D eigenvalue weighted by Gasteiger charge is 2.04. The molecule has 1 rings (SSSR count). The molecule has 3 nitrogen and oxygen atoms in total. The highest BCUT2D eigenvalue weighted by Crippen LogP contribution is 2.12. The predicted molar refractivity (Wildman–Crippen MR) is 61.9 cm³/mol. The fourth-order valence-electron chi connectivity index (χ4n) is 0.952. The lowest BCUT2D eigenvalue weighted by atomic mass is 10.1. The summed E-state index contributed by atoms with van der Waals surface area (Å²) in [5, 5.41) is 10.7. The molecule has 0 fully saturated rings. The summed E-state index contributed by atoms with van der Waals surface area (Å²) in [6.45, 7) is 1.92. The molecule has 1 aromatic rings. The van der Waals surface area contributed by atoms with E-state index in [0.717, 1.165) is 11.3 Å². The summed E-state index contributed by atoms with van der Waals surface area (Å²) in [5.74, 6) is 0. The average molecular weight is 254 g/mol.